The summed E-state index contributed by atoms with van der Waals surface area (Å²) < 4.78 is 0. The third-order valence-corrected chi connectivity index (χ3v) is 8.94. The van der Waals surface area contributed by atoms with Gasteiger partial charge in [-0.1, -0.05) is 24.0 Å². The fourth-order valence-electron chi connectivity index (χ4n) is 6.15. The molecule has 2 aromatic heterocycles. The molecule has 4 aromatic rings. The highest BCUT2D eigenvalue weighted by Gasteiger charge is 2.49. The molecule has 4 aliphatic rings. The third-order valence-electron chi connectivity index (χ3n) is 8.94. The number of aromatic nitrogens is 4. The molecule has 180 valence electrons. The van der Waals surface area contributed by atoms with E-state index in [9.17, 15) is 0 Å². The summed E-state index contributed by atoms with van der Waals surface area (Å²) in [7, 11) is 0. The quantitative estimate of drug-likeness (QED) is 0.316. The summed E-state index contributed by atoms with van der Waals surface area (Å²) in [4.78, 5) is 16.6. The molecule has 36 heavy (non-hydrogen) atoms. The number of aromatic amines is 2. The van der Waals surface area contributed by atoms with Gasteiger partial charge in [-0.15, -0.1) is 0 Å². The van der Waals surface area contributed by atoms with Crippen LogP contribution in [0.25, 0.3) is 22.3 Å². The molecule has 2 aromatic carbocycles. The van der Waals surface area contributed by atoms with E-state index in [0.29, 0.717) is 22.9 Å². The van der Waals surface area contributed by atoms with Crippen LogP contribution in [0.1, 0.15) is 73.4 Å². The van der Waals surface area contributed by atoms with Gasteiger partial charge < -0.3 is 20.6 Å². The van der Waals surface area contributed by atoms with E-state index >= 15 is 0 Å². The van der Waals surface area contributed by atoms with Crippen molar-refractivity contribution in [3.63, 3.8) is 0 Å². The van der Waals surface area contributed by atoms with Crippen molar-refractivity contribution in [2.45, 2.75) is 50.6 Å². The van der Waals surface area contributed by atoms with Gasteiger partial charge in [-0.05, 0) is 85.3 Å². The molecule has 2 aliphatic carbocycles. The van der Waals surface area contributed by atoms with Crippen molar-refractivity contribution in [2.75, 3.05) is 13.1 Å². The molecular weight excluding hydrogens is 444 g/mol. The highest BCUT2D eigenvalue weighted by Crippen LogP contribution is 2.55. The summed E-state index contributed by atoms with van der Waals surface area (Å²) >= 11 is 0. The maximum atomic E-state index is 4.84. The normalized spacial score (nSPS) is 24.9. The van der Waals surface area contributed by atoms with Crippen molar-refractivity contribution < 1.29 is 0 Å². The van der Waals surface area contributed by atoms with Crippen molar-refractivity contribution in [2.24, 2.45) is 10.8 Å². The molecule has 2 saturated heterocycles. The average Bonchev–Trinajstić information content (AvgIpc) is 3.49. The molecule has 6 heteroatoms. The number of benzene rings is 2. The van der Waals surface area contributed by atoms with Crippen LogP contribution >= 0.6 is 0 Å². The van der Waals surface area contributed by atoms with E-state index in [1.165, 1.54) is 38.5 Å². The summed E-state index contributed by atoms with van der Waals surface area (Å²) in [5.41, 5.74) is 7.39. The van der Waals surface area contributed by atoms with Gasteiger partial charge in [-0.3, -0.25) is 0 Å². The number of fused-ring (bicyclic) bond motifs is 1. The van der Waals surface area contributed by atoms with Gasteiger partial charge in [0.1, 0.15) is 11.6 Å². The van der Waals surface area contributed by atoms with Crippen molar-refractivity contribution >= 4 is 11.0 Å². The lowest BCUT2D eigenvalue weighted by atomic mass is 10.0. The van der Waals surface area contributed by atoms with Gasteiger partial charge in [-0.2, -0.15) is 0 Å². The molecule has 8 rings (SSSR count). The van der Waals surface area contributed by atoms with Crippen molar-refractivity contribution in [1.29, 1.82) is 0 Å². The minimum absolute atomic E-state index is 0.350. The Morgan fingerprint density at radius 3 is 2.11 bits per heavy atom. The molecular formula is C30H30N6. The molecule has 2 atom stereocenters. The summed E-state index contributed by atoms with van der Waals surface area (Å²) in [6.07, 6.45) is 9.81. The first-order valence-electron chi connectivity index (χ1n) is 13.3. The number of rotatable bonds is 3. The lowest BCUT2D eigenvalue weighted by Gasteiger charge is -2.06. The van der Waals surface area contributed by atoms with Crippen molar-refractivity contribution in [3.05, 3.63) is 71.4 Å². The largest absolute Gasteiger partial charge is 0.341 e. The lowest BCUT2D eigenvalue weighted by Crippen LogP contribution is -2.15. The second-order valence-corrected chi connectivity index (χ2v) is 11.6. The fraction of sp³-hybridized carbons (Fsp3) is 0.400. The zero-order chi connectivity index (χ0) is 23.7. The molecule has 0 amide bonds. The molecule has 4 N–H and O–H groups in total. The zero-order valence-corrected chi connectivity index (χ0v) is 20.3. The Morgan fingerprint density at radius 1 is 0.750 bits per heavy atom. The first kappa shape index (κ1) is 20.8. The van der Waals surface area contributed by atoms with E-state index in [1.54, 1.807) is 0 Å². The van der Waals surface area contributed by atoms with Gasteiger partial charge in [0.15, 0.2) is 0 Å². The van der Waals surface area contributed by atoms with E-state index < -0.39 is 0 Å². The number of nitrogens with zero attached hydrogens (tertiary/aromatic N) is 2. The van der Waals surface area contributed by atoms with E-state index in [1.807, 2.05) is 6.20 Å². The van der Waals surface area contributed by atoms with Crippen LogP contribution < -0.4 is 10.6 Å². The van der Waals surface area contributed by atoms with E-state index in [4.69, 9.17) is 4.98 Å². The Hall–Kier alpha value is -3.40. The second kappa shape index (κ2) is 7.55. The number of imidazole rings is 2. The topological polar surface area (TPSA) is 81.4 Å². The molecule has 2 aliphatic heterocycles. The lowest BCUT2D eigenvalue weighted by molar-refractivity contribution is 0.543. The summed E-state index contributed by atoms with van der Waals surface area (Å²) in [5.74, 6) is 8.77. The van der Waals surface area contributed by atoms with Crippen LogP contribution in [0.5, 0.6) is 0 Å². The van der Waals surface area contributed by atoms with Gasteiger partial charge >= 0.3 is 0 Å². The minimum Gasteiger partial charge on any atom is -0.341 e. The van der Waals surface area contributed by atoms with E-state index in [2.05, 4.69) is 79.9 Å². The highest BCUT2D eigenvalue weighted by atomic mass is 15.1. The van der Waals surface area contributed by atoms with Crippen LogP contribution in [0.3, 0.4) is 0 Å². The summed E-state index contributed by atoms with van der Waals surface area (Å²) in [5, 5.41) is 7.30. The van der Waals surface area contributed by atoms with Gasteiger partial charge in [0.2, 0.25) is 0 Å². The minimum atomic E-state index is 0.350. The number of H-pyrrole nitrogens is 2. The van der Waals surface area contributed by atoms with E-state index in [0.717, 1.165) is 58.2 Å². The van der Waals surface area contributed by atoms with Crippen LogP contribution in [-0.2, 0) is 0 Å². The Bertz CT molecular complexity index is 1520. The van der Waals surface area contributed by atoms with Crippen LogP contribution in [0, 0.1) is 22.7 Å². The van der Waals surface area contributed by atoms with Gasteiger partial charge in [0, 0.05) is 24.2 Å². The summed E-state index contributed by atoms with van der Waals surface area (Å²) in [6, 6.07) is 15.4. The molecule has 0 bridgehead atoms. The standard InChI is InChI=1S/C30H30N6/c1(2-20-5-8-22-23(13-20)35-28(34-22)25-15-30(11-12-30)18-33-25)19-3-6-21(7-4-19)26-16-31-27(36-26)24-14-29(9-10-29)17-32-24/h3-8,13,16,24-25,32-33H,9-12,14-15,17-18H2,(H,31,36)(H,34,35)/t24-,25-/m0/s1. The molecule has 6 nitrogen and oxygen atoms in total. The van der Waals surface area contributed by atoms with Crippen LogP contribution in [0.15, 0.2) is 48.7 Å². The number of nitrogens with one attached hydrogen (secondary N) is 4. The van der Waals surface area contributed by atoms with Gasteiger partial charge in [0.25, 0.3) is 0 Å². The maximum absolute atomic E-state index is 4.84. The molecule has 0 unspecified atom stereocenters. The molecule has 4 fully saturated rings. The smallest absolute Gasteiger partial charge is 0.124 e. The third kappa shape index (κ3) is 3.66. The van der Waals surface area contributed by atoms with Gasteiger partial charge in [0.05, 0.1) is 35.0 Å². The van der Waals surface area contributed by atoms with Crippen LogP contribution in [0.2, 0.25) is 0 Å². The fourth-order valence-corrected chi connectivity index (χ4v) is 6.15. The Balaban J connectivity index is 0.970. The maximum Gasteiger partial charge on any atom is 0.124 e. The molecule has 2 spiro atoms. The monoisotopic (exact) mass is 474 g/mol. The van der Waals surface area contributed by atoms with Crippen LogP contribution in [-0.4, -0.2) is 33.0 Å². The Morgan fingerprint density at radius 2 is 1.42 bits per heavy atom. The Kier molecular flexibility index (Phi) is 4.35. The Labute approximate surface area is 210 Å². The van der Waals surface area contributed by atoms with Gasteiger partial charge in [-0.25, -0.2) is 9.97 Å². The van der Waals surface area contributed by atoms with Crippen molar-refractivity contribution in [3.8, 4) is 23.1 Å². The highest BCUT2D eigenvalue weighted by molar-refractivity contribution is 5.77. The SMILES string of the molecule is C(#Cc1ccc2nc([C@@H]3CC4(CC4)CN3)[nH]c2c1)c1ccc(-c2cnc([C@@H]3CC4(CC4)CN3)[nH]2)cc1. The molecule has 2 saturated carbocycles. The zero-order valence-electron chi connectivity index (χ0n) is 20.3. The number of hydrogen-bond donors (Lipinski definition) is 4. The summed E-state index contributed by atoms with van der Waals surface area (Å²) in [6.45, 7) is 2.26. The predicted molar refractivity (Wildman–Crippen MR) is 140 cm³/mol. The number of hydrogen-bond acceptors (Lipinski definition) is 4. The predicted octanol–water partition coefficient (Wildman–Crippen LogP) is 4.98. The average molecular weight is 475 g/mol. The molecule has 4 heterocycles. The first-order valence-corrected chi connectivity index (χ1v) is 13.3. The first-order chi connectivity index (χ1) is 17.6. The molecule has 0 radical (unpaired) electrons. The van der Waals surface area contributed by atoms with Crippen molar-refractivity contribution in [1.82, 2.24) is 30.6 Å². The second-order valence-electron chi connectivity index (χ2n) is 11.6. The van der Waals surface area contributed by atoms with Crippen LogP contribution in [0.4, 0.5) is 0 Å². The van der Waals surface area contributed by atoms with E-state index in [-0.39, 0.29) is 0 Å².